The van der Waals surface area contributed by atoms with Gasteiger partial charge >= 0.3 is 0 Å². The van der Waals surface area contributed by atoms with E-state index in [4.69, 9.17) is 0 Å². The first-order valence-electron chi connectivity index (χ1n) is 6.30. The molecule has 3 aromatic rings. The Bertz CT molecular complexity index is 927. The van der Waals surface area contributed by atoms with Gasteiger partial charge in [0.2, 0.25) is 11.7 Å². The Morgan fingerprint density at radius 1 is 1.05 bits per heavy atom. The van der Waals surface area contributed by atoms with E-state index in [0.717, 1.165) is 26.3 Å². The van der Waals surface area contributed by atoms with Crippen molar-refractivity contribution >= 4 is 5.78 Å². The molecule has 0 atom stereocenters. The Kier molecular flexibility index (Phi) is 2.86. The molecule has 0 bridgehead atoms. The standard InChI is InChI=1S/C14H12F2N4O/c1-7-4-10(15)11(5-8(7)2)19-13(21)6-12(16)20-14(19)17-9(3)18-20/h4-6H,1-3H3. The van der Waals surface area contributed by atoms with Crippen molar-refractivity contribution in [1.82, 2.24) is 19.2 Å². The summed E-state index contributed by atoms with van der Waals surface area (Å²) in [5.41, 5.74) is 0.909. The molecule has 7 heteroatoms. The molecule has 0 aliphatic carbocycles. The minimum atomic E-state index is -0.837. The molecule has 0 saturated carbocycles. The third-order valence-electron chi connectivity index (χ3n) is 3.37. The molecule has 0 fully saturated rings. The van der Waals surface area contributed by atoms with Crippen LogP contribution in [0.25, 0.3) is 11.5 Å². The second kappa shape index (κ2) is 4.47. The minimum Gasteiger partial charge on any atom is -0.269 e. The van der Waals surface area contributed by atoms with Crippen LogP contribution in [-0.4, -0.2) is 19.2 Å². The van der Waals surface area contributed by atoms with E-state index in [9.17, 15) is 13.6 Å². The zero-order chi connectivity index (χ0) is 15.3. The lowest BCUT2D eigenvalue weighted by Gasteiger charge is -2.10. The zero-order valence-electron chi connectivity index (χ0n) is 11.7. The van der Waals surface area contributed by atoms with E-state index >= 15 is 0 Å². The Hall–Kier alpha value is -2.57. The number of nitrogens with zero attached hydrogens (tertiary/aromatic N) is 4. The van der Waals surface area contributed by atoms with Crippen molar-refractivity contribution < 1.29 is 8.78 Å². The van der Waals surface area contributed by atoms with E-state index in [-0.39, 0.29) is 17.3 Å². The summed E-state index contributed by atoms with van der Waals surface area (Å²) >= 11 is 0. The lowest BCUT2D eigenvalue weighted by molar-refractivity contribution is 0.531. The van der Waals surface area contributed by atoms with Crippen molar-refractivity contribution in [1.29, 1.82) is 0 Å². The van der Waals surface area contributed by atoms with Gasteiger partial charge in [0.1, 0.15) is 11.6 Å². The number of aromatic nitrogens is 4. The number of fused-ring (bicyclic) bond motifs is 1. The largest absolute Gasteiger partial charge is 0.269 e. The number of aryl methyl sites for hydroxylation is 3. The van der Waals surface area contributed by atoms with Crippen molar-refractivity contribution in [2.45, 2.75) is 20.8 Å². The van der Waals surface area contributed by atoms with E-state index in [1.807, 2.05) is 0 Å². The molecule has 0 spiro atoms. The van der Waals surface area contributed by atoms with Crippen LogP contribution < -0.4 is 5.56 Å². The first-order chi connectivity index (χ1) is 9.88. The summed E-state index contributed by atoms with van der Waals surface area (Å²) in [7, 11) is 0. The number of benzene rings is 1. The first-order valence-corrected chi connectivity index (χ1v) is 6.30. The molecule has 5 nitrogen and oxygen atoms in total. The molecular weight excluding hydrogens is 278 g/mol. The summed E-state index contributed by atoms with van der Waals surface area (Å²) in [6, 6.07) is 3.63. The summed E-state index contributed by atoms with van der Waals surface area (Å²) in [4.78, 5) is 16.1. The van der Waals surface area contributed by atoms with Gasteiger partial charge in [-0.2, -0.15) is 13.9 Å². The van der Waals surface area contributed by atoms with Crippen molar-refractivity contribution in [2.75, 3.05) is 0 Å². The quantitative estimate of drug-likeness (QED) is 0.645. The van der Waals surface area contributed by atoms with Crippen LogP contribution in [0.3, 0.4) is 0 Å². The highest BCUT2D eigenvalue weighted by Gasteiger charge is 2.17. The summed E-state index contributed by atoms with van der Waals surface area (Å²) in [6.45, 7) is 5.14. The Morgan fingerprint density at radius 2 is 1.71 bits per heavy atom. The third kappa shape index (κ3) is 2.01. The predicted molar refractivity (Wildman–Crippen MR) is 72.7 cm³/mol. The van der Waals surface area contributed by atoms with Gasteiger partial charge < -0.3 is 0 Å². The van der Waals surface area contributed by atoms with E-state index in [2.05, 4.69) is 10.1 Å². The highest BCUT2D eigenvalue weighted by molar-refractivity contribution is 5.47. The summed E-state index contributed by atoms with van der Waals surface area (Å²) in [5.74, 6) is -1.18. The van der Waals surface area contributed by atoms with E-state index in [0.29, 0.717) is 0 Å². The van der Waals surface area contributed by atoms with Crippen LogP contribution in [0.1, 0.15) is 17.0 Å². The first kappa shape index (κ1) is 13.4. The van der Waals surface area contributed by atoms with Crippen molar-refractivity contribution in [3.05, 3.63) is 57.3 Å². The Labute approximate surface area is 118 Å². The van der Waals surface area contributed by atoms with Gasteiger partial charge in [0.05, 0.1) is 11.8 Å². The molecule has 2 aromatic heterocycles. The molecule has 1 aromatic carbocycles. The summed E-state index contributed by atoms with van der Waals surface area (Å²) in [6.07, 6.45) is 0. The predicted octanol–water partition coefficient (Wildman–Crippen LogP) is 2.08. The second-order valence-corrected chi connectivity index (χ2v) is 4.90. The fraction of sp³-hybridized carbons (Fsp3) is 0.214. The van der Waals surface area contributed by atoms with Crippen molar-refractivity contribution in [2.24, 2.45) is 0 Å². The highest BCUT2D eigenvalue weighted by atomic mass is 19.1. The van der Waals surface area contributed by atoms with Crippen LogP contribution in [0.2, 0.25) is 0 Å². The van der Waals surface area contributed by atoms with Crippen LogP contribution in [0.15, 0.2) is 23.0 Å². The van der Waals surface area contributed by atoms with E-state index < -0.39 is 17.3 Å². The fourth-order valence-corrected chi connectivity index (χ4v) is 2.18. The summed E-state index contributed by atoms with van der Waals surface area (Å²) in [5, 5.41) is 3.86. The molecule has 108 valence electrons. The lowest BCUT2D eigenvalue weighted by Crippen LogP contribution is -2.23. The van der Waals surface area contributed by atoms with Gasteiger partial charge in [-0.3, -0.25) is 4.79 Å². The van der Waals surface area contributed by atoms with Gasteiger partial charge in [0.25, 0.3) is 5.56 Å². The van der Waals surface area contributed by atoms with Crippen LogP contribution in [-0.2, 0) is 0 Å². The molecule has 0 radical (unpaired) electrons. The molecule has 0 amide bonds. The highest BCUT2D eigenvalue weighted by Crippen LogP contribution is 2.19. The lowest BCUT2D eigenvalue weighted by atomic mass is 10.1. The maximum Gasteiger partial charge on any atom is 0.262 e. The maximum atomic E-state index is 14.2. The molecule has 2 heterocycles. The second-order valence-electron chi connectivity index (χ2n) is 4.90. The maximum absolute atomic E-state index is 14.2. The number of rotatable bonds is 1. The number of hydrogen-bond acceptors (Lipinski definition) is 3. The zero-order valence-corrected chi connectivity index (χ0v) is 11.7. The fourth-order valence-electron chi connectivity index (χ4n) is 2.18. The molecular formula is C14H12F2N4O. The van der Waals surface area contributed by atoms with Crippen LogP contribution >= 0.6 is 0 Å². The SMILES string of the molecule is Cc1nc2n(-c3cc(C)c(C)cc3F)c(=O)cc(F)n2n1. The molecule has 0 N–H and O–H groups in total. The molecule has 3 rings (SSSR count). The monoisotopic (exact) mass is 290 g/mol. The topological polar surface area (TPSA) is 52.2 Å². The van der Waals surface area contributed by atoms with Gasteiger partial charge in [-0.15, -0.1) is 5.10 Å². The van der Waals surface area contributed by atoms with Gasteiger partial charge in [0, 0.05) is 0 Å². The average Bonchev–Trinajstić information content (AvgIpc) is 2.77. The normalized spacial score (nSPS) is 11.3. The molecule has 0 aliphatic heterocycles. The van der Waals surface area contributed by atoms with Gasteiger partial charge in [0.15, 0.2) is 0 Å². The van der Waals surface area contributed by atoms with Crippen LogP contribution in [0, 0.1) is 32.5 Å². The molecule has 0 aliphatic rings. The van der Waals surface area contributed by atoms with Crippen LogP contribution in [0.5, 0.6) is 0 Å². The molecule has 0 unspecified atom stereocenters. The van der Waals surface area contributed by atoms with E-state index in [1.165, 1.54) is 12.1 Å². The van der Waals surface area contributed by atoms with Crippen molar-refractivity contribution in [3.8, 4) is 5.69 Å². The minimum absolute atomic E-state index is 0.0282. The molecule has 0 saturated heterocycles. The number of halogens is 2. The van der Waals surface area contributed by atoms with Gasteiger partial charge in [-0.25, -0.2) is 8.96 Å². The van der Waals surface area contributed by atoms with Gasteiger partial charge in [-0.05, 0) is 44.0 Å². The molecule has 21 heavy (non-hydrogen) atoms. The average molecular weight is 290 g/mol. The number of hydrogen-bond donors (Lipinski definition) is 0. The Balaban J connectivity index is 2.46. The van der Waals surface area contributed by atoms with E-state index in [1.54, 1.807) is 20.8 Å². The summed E-state index contributed by atoms with van der Waals surface area (Å²) < 4.78 is 29.9. The smallest absolute Gasteiger partial charge is 0.262 e. The third-order valence-corrected chi connectivity index (χ3v) is 3.37. The van der Waals surface area contributed by atoms with Crippen LogP contribution in [0.4, 0.5) is 8.78 Å². The van der Waals surface area contributed by atoms with Gasteiger partial charge in [-0.1, -0.05) is 0 Å². The van der Waals surface area contributed by atoms with Crippen molar-refractivity contribution in [3.63, 3.8) is 0 Å². The Morgan fingerprint density at radius 3 is 2.43 bits per heavy atom.